The highest BCUT2D eigenvalue weighted by Crippen LogP contribution is 2.27. The van der Waals surface area contributed by atoms with Crippen molar-refractivity contribution in [2.75, 3.05) is 12.4 Å². The Hall–Kier alpha value is -2.90. The zero-order chi connectivity index (χ0) is 15.6. The van der Waals surface area contributed by atoms with Crippen LogP contribution in [0.4, 0.5) is 11.5 Å². The van der Waals surface area contributed by atoms with Crippen LogP contribution in [-0.4, -0.2) is 27.7 Å². The van der Waals surface area contributed by atoms with Crippen molar-refractivity contribution in [1.82, 2.24) is 9.78 Å². The molecule has 1 aromatic carbocycles. The standard InChI is InChI=1S/C13H14N4O4/c1-8-6-12(16(2)15-8)14-13(18)9-4-5-11(21-3)10(7-9)17(19)20/h4-7H,1-3H3,(H,14,18). The lowest BCUT2D eigenvalue weighted by Gasteiger charge is -2.06. The van der Waals surface area contributed by atoms with Gasteiger partial charge in [0, 0.05) is 24.7 Å². The van der Waals surface area contributed by atoms with Gasteiger partial charge in [0.1, 0.15) is 5.82 Å². The van der Waals surface area contributed by atoms with Gasteiger partial charge in [-0.05, 0) is 19.1 Å². The van der Waals surface area contributed by atoms with E-state index in [4.69, 9.17) is 4.74 Å². The number of nitro benzene ring substituents is 1. The number of carbonyl (C=O) groups is 1. The van der Waals surface area contributed by atoms with E-state index in [1.807, 2.05) is 0 Å². The molecule has 0 fully saturated rings. The van der Waals surface area contributed by atoms with Gasteiger partial charge in [-0.25, -0.2) is 0 Å². The fourth-order valence-electron chi connectivity index (χ4n) is 1.89. The number of nitro groups is 1. The highest BCUT2D eigenvalue weighted by Gasteiger charge is 2.18. The third-order valence-electron chi connectivity index (χ3n) is 2.88. The lowest BCUT2D eigenvalue weighted by atomic mass is 10.1. The van der Waals surface area contributed by atoms with Crippen LogP contribution in [-0.2, 0) is 7.05 Å². The number of aryl methyl sites for hydroxylation is 2. The van der Waals surface area contributed by atoms with Gasteiger partial charge in [-0.15, -0.1) is 0 Å². The number of anilines is 1. The predicted molar refractivity (Wildman–Crippen MR) is 75.5 cm³/mol. The largest absolute Gasteiger partial charge is 0.490 e. The maximum absolute atomic E-state index is 12.1. The van der Waals surface area contributed by atoms with Crippen LogP contribution in [0.2, 0.25) is 0 Å². The van der Waals surface area contributed by atoms with Crippen molar-refractivity contribution >= 4 is 17.4 Å². The molecule has 1 N–H and O–H groups in total. The van der Waals surface area contributed by atoms with Crippen LogP contribution in [0.25, 0.3) is 0 Å². The third kappa shape index (κ3) is 2.99. The molecule has 0 unspecified atom stereocenters. The van der Waals surface area contributed by atoms with Gasteiger partial charge in [0.25, 0.3) is 5.91 Å². The fourth-order valence-corrected chi connectivity index (χ4v) is 1.89. The van der Waals surface area contributed by atoms with Crippen LogP contribution in [0.3, 0.4) is 0 Å². The maximum Gasteiger partial charge on any atom is 0.311 e. The lowest BCUT2D eigenvalue weighted by molar-refractivity contribution is -0.385. The number of hydrogen-bond donors (Lipinski definition) is 1. The van der Waals surface area contributed by atoms with Crippen molar-refractivity contribution in [3.8, 4) is 5.75 Å². The first-order chi connectivity index (χ1) is 9.92. The molecule has 0 saturated carbocycles. The van der Waals surface area contributed by atoms with Gasteiger partial charge in [0.2, 0.25) is 0 Å². The van der Waals surface area contributed by atoms with E-state index in [0.717, 1.165) is 5.69 Å². The van der Waals surface area contributed by atoms with Gasteiger partial charge in [-0.2, -0.15) is 5.10 Å². The van der Waals surface area contributed by atoms with Crippen molar-refractivity contribution in [2.24, 2.45) is 7.05 Å². The van der Waals surface area contributed by atoms with Gasteiger partial charge in [-0.1, -0.05) is 0 Å². The number of aromatic nitrogens is 2. The topological polar surface area (TPSA) is 99.3 Å². The lowest BCUT2D eigenvalue weighted by Crippen LogP contribution is -2.14. The molecule has 8 nitrogen and oxygen atoms in total. The molecule has 21 heavy (non-hydrogen) atoms. The number of benzene rings is 1. The number of nitrogens with zero attached hydrogens (tertiary/aromatic N) is 3. The second-order valence-electron chi connectivity index (χ2n) is 4.39. The summed E-state index contributed by atoms with van der Waals surface area (Å²) < 4.78 is 6.41. The minimum absolute atomic E-state index is 0.105. The van der Waals surface area contributed by atoms with Crippen molar-refractivity contribution in [1.29, 1.82) is 0 Å². The summed E-state index contributed by atoms with van der Waals surface area (Å²) in [5.74, 6) is 0.160. The summed E-state index contributed by atoms with van der Waals surface area (Å²) in [6, 6.07) is 5.74. The van der Waals surface area contributed by atoms with E-state index in [1.54, 1.807) is 20.0 Å². The van der Waals surface area contributed by atoms with Gasteiger partial charge in [0.05, 0.1) is 17.7 Å². The molecule has 1 aromatic heterocycles. The monoisotopic (exact) mass is 290 g/mol. The summed E-state index contributed by atoms with van der Waals surface area (Å²) in [4.78, 5) is 22.5. The fraction of sp³-hybridized carbons (Fsp3) is 0.231. The number of amides is 1. The van der Waals surface area contributed by atoms with Crippen molar-refractivity contribution in [3.63, 3.8) is 0 Å². The second kappa shape index (κ2) is 5.61. The zero-order valence-electron chi connectivity index (χ0n) is 11.8. The summed E-state index contributed by atoms with van der Waals surface area (Å²) in [5.41, 5.74) is 0.668. The van der Waals surface area contributed by atoms with Crippen LogP contribution < -0.4 is 10.1 Å². The van der Waals surface area contributed by atoms with Gasteiger partial charge < -0.3 is 10.1 Å². The molecule has 0 bridgehead atoms. The minimum Gasteiger partial charge on any atom is -0.490 e. The Labute approximate surface area is 120 Å². The number of ether oxygens (including phenoxy) is 1. The Balaban J connectivity index is 2.29. The van der Waals surface area contributed by atoms with Crippen molar-refractivity contribution in [3.05, 3.63) is 45.6 Å². The molecule has 8 heteroatoms. The molecule has 1 amide bonds. The summed E-state index contributed by atoms with van der Waals surface area (Å²) in [6.07, 6.45) is 0. The summed E-state index contributed by atoms with van der Waals surface area (Å²) in [5, 5.41) is 17.7. The Kier molecular flexibility index (Phi) is 3.88. The molecule has 2 aromatic rings. The van der Waals surface area contributed by atoms with Crippen LogP contribution in [0.1, 0.15) is 16.1 Å². The molecule has 0 spiro atoms. The molecule has 0 aliphatic rings. The van der Waals surface area contributed by atoms with E-state index < -0.39 is 10.8 Å². The van der Waals surface area contributed by atoms with Gasteiger partial charge >= 0.3 is 5.69 Å². The summed E-state index contributed by atoms with van der Waals surface area (Å²) >= 11 is 0. The maximum atomic E-state index is 12.1. The third-order valence-corrected chi connectivity index (χ3v) is 2.88. The highest BCUT2D eigenvalue weighted by molar-refractivity contribution is 6.04. The normalized spacial score (nSPS) is 10.2. The Bertz CT molecular complexity index is 708. The molecule has 1 heterocycles. The van der Waals surface area contributed by atoms with Gasteiger partial charge in [-0.3, -0.25) is 19.6 Å². The highest BCUT2D eigenvalue weighted by atomic mass is 16.6. The van der Waals surface area contributed by atoms with Crippen LogP contribution >= 0.6 is 0 Å². The number of hydrogen-bond acceptors (Lipinski definition) is 5. The average molecular weight is 290 g/mol. The first kappa shape index (κ1) is 14.5. The zero-order valence-corrected chi connectivity index (χ0v) is 11.8. The Morgan fingerprint density at radius 2 is 2.14 bits per heavy atom. The van der Waals surface area contributed by atoms with Crippen molar-refractivity contribution in [2.45, 2.75) is 6.92 Å². The van der Waals surface area contributed by atoms with E-state index in [1.165, 1.54) is 30.0 Å². The van der Waals surface area contributed by atoms with E-state index in [9.17, 15) is 14.9 Å². The molecule has 2 rings (SSSR count). The smallest absolute Gasteiger partial charge is 0.311 e. The Morgan fingerprint density at radius 3 is 2.67 bits per heavy atom. The number of carbonyl (C=O) groups excluding carboxylic acids is 1. The molecular weight excluding hydrogens is 276 g/mol. The second-order valence-corrected chi connectivity index (χ2v) is 4.39. The first-order valence-electron chi connectivity index (χ1n) is 6.07. The van der Waals surface area contributed by atoms with Crippen LogP contribution in [0.15, 0.2) is 24.3 Å². The molecule has 0 aliphatic heterocycles. The molecule has 0 aliphatic carbocycles. The Morgan fingerprint density at radius 1 is 1.43 bits per heavy atom. The predicted octanol–water partition coefficient (Wildman–Crippen LogP) is 1.90. The number of rotatable bonds is 4. The summed E-state index contributed by atoms with van der Waals surface area (Å²) in [7, 11) is 3.03. The van der Waals surface area contributed by atoms with E-state index >= 15 is 0 Å². The molecular formula is C13H14N4O4. The van der Waals surface area contributed by atoms with E-state index in [2.05, 4.69) is 10.4 Å². The van der Waals surface area contributed by atoms with Gasteiger partial charge in [0.15, 0.2) is 5.75 Å². The summed E-state index contributed by atoms with van der Waals surface area (Å²) in [6.45, 7) is 1.80. The molecule has 0 radical (unpaired) electrons. The van der Waals surface area contributed by atoms with Crippen molar-refractivity contribution < 1.29 is 14.5 Å². The average Bonchev–Trinajstić information content (AvgIpc) is 2.75. The molecule has 0 saturated heterocycles. The number of methoxy groups -OCH3 is 1. The molecule has 110 valence electrons. The van der Waals surface area contributed by atoms with Crippen LogP contribution in [0, 0.1) is 17.0 Å². The minimum atomic E-state index is -0.593. The van der Waals surface area contributed by atoms with E-state index in [-0.39, 0.29) is 17.0 Å². The number of nitrogens with one attached hydrogen (secondary N) is 1. The molecule has 0 atom stereocenters. The SMILES string of the molecule is COc1ccc(C(=O)Nc2cc(C)nn2C)cc1[N+](=O)[O-]. The van der Waals surface area contributed by atoms with E-state index in [0.29, 0.717) is 5.82 Å². The quantitative estimate of drug-likeness (QED) is 0.684. The first-order valence-corrected chi connectivity index (χ1v) is 6.07. The van der Waals surface area contributed by atoms with Crippen LogP contribution in [0.5, 0.6) is 5.75 Å².